The van der Waals surface area contributed by atoms with Crippen molar-refractivity contribution in [3.63, 3.8) is 0 Å². The van der Waals surface area contributed by atoms with Crippen LogP contribution >= 0.6 is 0 Å². The molecule has 0 radical (unpaired) electrons. The van der Waals surface area contributed by atoms with Crippen LogP contribution in [0.25, 0.3) is 0 Å². The summed E-state index contributed by atoms with van der Waals surface area (Å²) in [6.07, 6.45) is 14.5. The van der Waals surface area contributed by atoms with Gasteiger partial charge in [0.1, 0.15) is 5.82 Å². The van der Waals surface area contributed by atoms with Gasteiger partial charge in [0.25, 0.3) is 0 Å². The summed E-state index contributed by atoms with van der Waals surface area (Å²) < 4.78 is 0. The monoisotopic (exact) mass is 385 g/mol. The van der Waals surface area contributed by atoms with E-state index in [1.165, 1.54) is 19.3 Å². The third-order valence-electron chi connectivity index (χ3n) is 6.49. The second kappa shape index (κ2) is 8.88. The van der Waals surface area contributed by atoms with Gasteiger partial charge in [-0.2, -0.15) is 4.98 Å². The molecule has 1 aromatic heterocycles. The number of nitrogens with zero attached hydrogens (tertiary/aromatic N) is 3. The first kappa shape index (κ1) is 19.2. The molecule has 2 amide bonds. The maximum absolute atomic E-state index is 12.1. The Hall–Kier alpha value is -2.18. The number of carbonyl (C=O) groups is 2. The van der Waals surface area contributed by atoms with Crippen LogP contribution in [0.2, 0.25) is 0 Å². The van der Waals surface area contributed by atoms with Crippen LogP contribution in [0.3, 0.4) is 0 Å². The van der Waals surface area contributed by atoms with Gasteiger partial charge in [-0.25, -0.2) is 4.98 Å². The first-order chi connectivity index (χ1) is 13.7. The lowest BCUT2D eigenvalue weighted by Gasteiger charge is -2.27. The van der Waals surface area contributed by atoms with Crippen molar-refractivity contribution in [1.82, 2.24) is 15.3 Å². The maximum Gasteiger partial charge on any atom is 0.224 e. The first-order valence-electron chi connectivity index (χ1n) is 10.9. The van der Waals surface area contributed by atoms with E-state index in [0.717, 1.165) is 63.5 Å². The maximum atomic E-state index is 12.1. The molecule has 4 rings (SSSR count). The van der Waals surface area contributed by atoms with Crippen LogP contribution in [0.15, 0.2) is 6.20 Å². The molecular formula is C21H31N5O2. The molecule has 0 bridgehead atoms. The second-order valence-electron chi connectivity index (χ2n) is 8.45. The average Bonchev–Trinajstić information content (AvgIpc) is 3.38. The zero-order valence-corrected chi connectivity index (χ0v) is 16.5. The van der Waals surface area contributed by atoms with E-state index in [1.807, 2.05) is 6.20 Å². The minimum absolute atomic E-state index is 0.0587. The summed E-state index contributed by atoms with van der Waals surface area (Å²) in [5.74, 6) is 1.33. The summed E-state index contributed by atoms with van der Waals surface area (Å²) in [5.41, 5.74) is 0.898. The molecule has 3 aliphatic rings. The summed E-state index contributed by atoms with van der Waals surface area (Å²) >= 11 is 0. The van der Waals surface area contributed by atoms with Gasteiger partial charge in [-0.3, -0.25) is 14.5 Å². The molecule has 1 aromatic rings. The molecule has 0 unspecified atom stereocenters. The van der Waals surface area contributed by atoms with E-state index in [1.54, 1.807) is 4.90 Å². The van der Waals surface area contributed by atoms with E-state index in [9.17, 15) is 9.59 Å². The van der Waals surface area contributed by atoms with E-state index in [0.29, 0.717) is 24.2 Å². The Kier molecular flexibility index (Phi) is 6.07. The van der Waals surface area contributed by atoms with E-state index in [2.05, 4.69) is 15.6 Å². The van der Waals surface area contributed by atoms with Crippen LogP contribution in [0.4, 0.5) is 11.8 Å². The zero-order valence-electron chi connectivity index (χ0n) is 16.5. The number of hydrogen-bond acceptors (Lipinski definition) is 5. The number of anilines is 2. The van der Waals surface area contributed by atoms with E-state index < -0.39 is 0 Å². The normalized spacial score (nSPS) is 23.6. The summed E-state index contributed by atoms with van der Waals surface area (Å²) in [4.78, 5) is 35.2. The van der Waals surface area contributed by atoms with Crippen molar-refractivity contribution in [3.8, 4) is 0 Å². The SMILES string of the molecule is O=CN(c1nc(NC2CCCCC2)ncc1C[C@@H]1CCNC1=O)C1CCCC1. The van der Waals surface area contributed by atoms with Crippen LogP contribution in [0.5, 0.6) is 0 Å². The van der Waals surface area contributed by atoms with Crippen molar-refractivity contribution in [2.45, 2.75) is 82.7 Å². The quantitative estimate of drug-likeness (QED) is 0.705. The molecule has 1 atom stereocenters. The molecule has 7 heteroatoms. The van der Waals surface area contributed by atoms with Crippen molar-refractivity contribution in [2.24, 2.45) is 5.92 Å². The summed E-state index contributed by atoms with van der Waals surface area (Å²) in [6, 6.07) is 0.607. The number of nitrogens with one attached hydrogen (secondary N) is 2. The van der Waals surface area contributed by atoms with Gasteiger partial charge < -0.3 is 10.6 Å². The molecule has 2 N–H and O–H groups in total. The number of hydrogen-bond donors (Lipinski definition) is 2. The average molecular weight is 386 g/mol. The molecule has 2 saturated carbocycles. The molecule has 1 aliphatic heterocycles. The Bertz CT molecular complexity index is 698. The molecular weight excluding hydrogens is 354 g/mol. The highest BCUT2D eigenvalue weighted by Crippen LogP contribution is 2.31. The fraction of sp³-hybridized carbons (Fsp3) is 0.714. The van der Waals surface area contributed by atoms with Crippen molar-refractivity contribution < 1.29 is 9.59 Å². The van der Waals surface area contributed by atoms with E-state index >= 15 is 0 Å². The van der Waals surface area contributed by atoms with Gasteiger partial charge >= 0.3 is 0 Å². The number of rotatable bonds is 7. The van der Waals surface area contributed by atoms with Gasteiger partial charge in [0.2, 0.25) is 18.3 Å². The lowest BCUT2D eigenvalue weighted by molar-refractivity contribution is -0.122. The number of carbonyl (C=O) groups excluding carboxylic acids is 2. The molecule has 0 aromatic carbocycles. The van der Waals surface area contributed by atoms with Crippen molar-refractivity contribution in [2.75, 3.05) is 16.8 Å². The number of aromatic nitrogens is 2. The van der Waals surface area contributed by atoms with Gasteiger partial charge in [0, 0.05) is 36.3 Å². The molecule has 7 nitrogen and oxygen atoms in total. The lowest BCUT2D eigenvalue weighted by Crippen LogP contribution is -2.34. The van der Waals surface area contributed by atoms with Crippen LogP contribution < -0.4 is 15.5 Å². The minimum atomic E-state index is -0.0587. The molecule has 2 heterocycles. The predicted octanol–water partition coefficient (Wildman–Crippen LogP) is 2.81. The molecule has 2 aliphatic carbocycles. The fourth-order valence-electron chi connectivity index (χ4n) is 4.86. The number of amides is 2. The van der Waals surface area contributed by atoms with Crippen LogP contribution in [-0.2, 0) is 16.0 Å². The third-order valence-corrected chi connectivity index (χ3v) is 6.49. The second-order valence-corrected chi connectivity index (χ2v) is 8.45. The first-order valence-corrected chi connectivity index (χ1v) is 10.9. The molecule has 152 valence electrons. The van der Waals surface area contributed by atoms with Crippen molar-refractivity contribution in [1.29, 1.82) is 0 Å². The van der Waals surface area contributed by atoms with Crippen LogP contribution in [0, 0.1) is 5.92 Å². The fourth-order valence-corrected chi connectivity index (χ4v) is 4.86. The Morgan fingerprint density at radius 1 is 1.11 bits per heavy atom. The standard InChI is InChI=1S/C21H31N5O2/c27-14-26(18-8-4-5-9-18)19-16(12-15-10-11-22-20(15)28)13-23-21(25-19)24-17-6-2-1-3-7-17/h13-15,17-18H,1-12H2,(H,22,28)(H,23,24,25)/t15-/m0/s1. The molecule has 0 spiro atoms. The van der Waals surface area contributed by atoms with Crippen molar-refractivity contribution in [3.05, 3.63) is 11.8 Å². The van der Waals surface area contributed by atoms with Gasteiger partial charge in [-0.05, 0) is 38.5 Å². The minimum Gasteiger partial charge on any atom is -0.356 e. The summed E-state index contributed by atoms with van der Waals surface area (Å²) in [7, 11) is 0. The Morgan fingerprint density at radius 2 is 1.86 bits per heavy atom. The van der Waals surface area contributed by atoms with E-state index in [4.69, 9.17) is 4.98 Å². The highest BCUT2D eigenvalue weighted by atomic mass is 16.2. The largest absolute Gasteiger partial charge is 0.356 e. The molecule has 1 saturated heterocycles. The third kappa shape index (κ3) is 4.28. The molecule has 3 fully saturated rings. The smallest absolute Gasteiger partial charge is 0.224 e. The van der Waals surface area contributed by atoms with Crippen molar-refractivity contribution >= 4 is 24.1 Å². The summed E-state index contributed by atoms with van der Waals surface area (Å²) in [6.45, 7) is 0.723. The lowest BCUT2D eigenvalue weighted by atomic mass is 9.96. The highest BCUT2D eigenvalue weighted by molar-refractivity contribution is 5.82. The van der Waals surface area contributed by atoms with Gasteiger partial charge in [0.15, 0.2) is 0 Å². The van der Waals surface area contributed by atoms with Gasteiger partial charge in [-0.15, -0.1) is 0 Å². The summed E-state index contributed by atoms with van der Waals surface area (Å²) in [5, 5.41) is 6.37. The predicted molar refractivity (Wildman–Crippen MR) is 108 cm³/mol. The Morgan fingerprint density at radius 3 is 2.54 bits per heavy atom. The highest BCUT2D eigenvalue weighted by Gasteiger charge is 2.30. The van der Waals surface area contributed by atoms with Gasteiger partial charge in [-0.1, -0.05) is 32.1 Å². The van der Waals surface area contributed by atoms with E-state index in [-0.39, 0.29) is 17.9 Å². The topological polar surface area (TPSA) is 87.2 Å². The van der Waals surface area contributed by atoms with Crippen LogP contribution in [-0.4, -0.2) is 40.9 Å². The molecule has 28 heavy (non-hydrogen) atoms. The van der Waals surface area contributed by atoms with Gasteiger partial charge in [0.05, 0.1) is 0 Å². The Balaban J connectivity index is 1.59. The zero-order chi connectivity index (χ0) is 19.3. The Labute approximate surface area is 166 Å². The van der Waals surface area contributed by atoms with Crippen LogP contribution in [0.1, 0.15) is 69.8 Å².